The fraction of sp³-hybridized carbons (Fsp3) is 0.100. The molecule has 0 amide bonds. The van der Waals surface area contributed by atoms with E-state index in [1.54, 1.807) is 42.5 Å². The molecule has 1 unspecified atom stereocenters. The summed E-state index contributed by atoms with van der Waals surface area (Å²) in [6, 6.07) is 17.8. The minimum atomic E-state index is -3.94. The van der Waals surface area contributed by atoms with Crippen molar-refractivity contribution in [2.24, 2.45) is 0 Å². The Bertz CT molecular complexity index is 1130. The highest BCUT2D eigenvalue weighted by Crippen LogP contribution is 2.41. The molecule has 0 bridgehead atoms. The van der Waals surface area contributed by atoms with E-state index in [1.807, 2.05) is 0 Å². The molecule has 8 heteroatoms. The van der Waals surface area contributed by atoms with Gasteiger partial charge in [-0.25, -0.2) is 12.8 Å². The van der Waals surface area contributed by atoms with Gasteiger partial charge < -0.3 is 5.32 Å². The highest BCUT2D eigenvalue weighted by molar-refractivity contribution is 7.89. The standard InChI is InChI=1S/C20H15Cl2FN2O2S/c21-15-7-2-1-6-13(15)20-24-18-10-3-4-11-19(18)28(26,27)25(20)12-14-16(22)8-5-9-17(14)23/h1-11,20,24H,12H2. The topological polar surface area (TPSA) is 49.4 Å². The molecule has 1 N–H and O–H groups in total. The zero-order chi connectivity index (χ0) is 19.9. The zero-order valence-corrected chi connectivity index (χ0v) is 16.8. The van der Waals surface area contributed by atoms with Crippen molar-refractivity contribution in [2.45, 2.75) is 17.6 Å². The van der Waals surface area contributed by atoms with E-state index in [1.165, 1.54) is 28.6 Å². The average molecular weight is 437 g/mol. The zero-order valence-electron chi connectivity index (χ0n) is 14.4. The van der Waals surface area contributed by atoms with Crippen LogP contribution in [0.3, 0.4) is 0 Å². The molecule has 4 nitrogen and oxygen atoms in total. The van der Waals surface area contributed by atoms with Crippen LogP contribution in [0.5, 0.6) is 0 Å². The van der Waals surface area contributed by atoms with Gasteiger partial charge in [-0.05, 0) is 30.3 Å². The summed E-state index contributed by atoms with van der Waals surface area (Å²) in [6.45, 7) is -0.245. The second-order valence-corrected chi connectivity index (χ2v) is 8.99. The van der Waals surface area contributed by atoms with Gasteiger partial charge in [0.05, 0.1) is 5.69 Å². The molecule has 0 aliphatic carbocycles. The van der Waals surface area contributed by atoms with Crippen LogP contribution in [0.25, 0.3) is 0 Å². The molecule has 0 saturated carbocycles. The molecule has 4 rings (SSSR count). The Morgan fingerprint density at radius 1 is 0.929 bits per heavy atom. The Labute approximate surface area is 172 Å². The number of rotatable bonds is 3. The number of halogens is 3. The SMILES string of the molecule is O=S1(=O)c2ccccc2NC(c2ccccc2Cl)N1Cc1c(F)cccc1Cl. The van der Waals surface area contributed by atoms with Gasteiger partial charge in [0.1, 0.15) is 16.9 Å². The maximum absolute atomic E-state index is 14.4. The smallest absolute Gasteiger partial charge is 0.247 e. The first-order valence-corrected chi connectivity index (χ1v) is 10.6. The molecule has 1 aliphatic rings. The first-order chi connectivity index (χ1) is 13.4. The number of nitrogens with zero attached hydrogens (tertiary/aromatic N) is 1. The van der Waals surface area contributed by atoms with Crippen LogP contribution in [-0.4, -0.2) is 12.7 Å². The van der Waals surface area contributed by atoms with E-state index >= 15 is 0 Å². The van der Waals surface area contributed by atoms with Crippen LogP contribution in [-0.2, 0) is 16.6 Å². The number of benzene rings is 3. The molecule has 0 spiro atoms. The largest absolute Gasteiger partial charge is 0.364 e. The van der Waals surface area contributed by atoms with Gasteiger partial charge in [-0.3, -0.25) is 0 Å². The lowest BCUT2D eigenvalue weighted by Crippen LogP contribution is -2.42. The van der Waals surface area contributed by atoms with Crippen molar-refractivity contribution in [3.05, 3.63) is 93.7 Å². The number of sulfonamides is 1. The molecular formula is C20H15Cl2FN2O2S. The molecule has 1 atom stereocenters. The number of anilines is 1. The summed E-state index contributed by atoms with van der Waals surface area (Å²) in [4.78, 5) is 0.116. The van der Waals surface area contributed by atoms with Crippen LogP contribution in [0.15, 0.2) is 71.6 Å². The maximum Gasteiger partial charge on any atom is 0.247 e. The van der Waals surface area contributed by atoms with E-state index in [4.69, 9.17) is 23.2 Å². The molecule has 1 aliphatic heterocycles. The third kappa shape index (κ3) is 3.26. The summed E-state index contributed by atoms with van der Waals surface area (Å²) in [5.41, 5.74) is 1.13. The van der Waals surface area contributed by atoms with E-state index in [0.29, 0.717) is 16.3 Å². The third-order valence-corrected chi connectivity index (χ3v) is 7.20. The van der Waals surface area contributed by atoms with Gasteiger partial charge in [-0.2, -0.15) is 4.31 Å². The van der Waals surface area contributed by atoms with Crippen molar-refractivity contribution in [1.29, 1.82) is 0 Å². The summed E-state index contributed by atoms with van der Waals surface area (Å²) in [6.07, 6.45) is -0.815. The second-order valence-electron chi connectivity index (χ2n) is 6.32. The number of hydrogen-bond acceptors (Lipinski definition) is 3. The van der Waals surface area contributed by atoms with Gasteiger partial charge in [0.2, 0.25) is 10.0 Å². The highest BCUT2D eigenvalue weighted by Gasteiger charge is 2.40. The quantitative estimate of drug-likeness (QED) is 0.593. The molecule has 0 fully saturated rings. The molecule has 3 aromatic rings. The minimum absolute atomic E-state index is 0.103. The summed E-state index contributed by atoms with van der Waals surface area (Å²) in [5, 5.41) is 3.78. The van der Waals surface area contributed by atoms with Crippen molar-refractivity contribution in [3.8, 4) is 0 Å². The number of fused-ring (bicyclic) bond motifs is 1. The molecular weight excluding hydrogens is 422 g/mol. The van der Waals surface area contributed by atoms with Gasteiger partial charge in [0.25, 0.3) is 0 Å². The average Bonchev–Trinajstić information content (AvgIpc) is 2.66. The van der Waals surface area contributed by atoms with E-state index in [9.17, 15) is 12.8 Å². The predicted molar refractivity (Wildman–Crippen MR) is 108 cm³/mol. The van der Waals surface area contributed by atoms with E-state index in [-0.39, 0.29) is 22.0 Å². The van der Waals surface area contributed by atoms with Gasteiger partial charge in [-0.1, -0.05) is 59.6 Å². The summed E-state index contributed by atoms with van der Waals surface area (Å²) >= 11 is 12.5. The molecule has 3 aromatic carbocycles. The first kappa shape index (κ1) is 19.2. The summed E-state index contributed by atoms with van der Waals surface area (Å²) in [5.74, 6) is -0.570. The first-order valence-electron chi connectivity index (χ1n) is 8.44. The van der Waals surface area contributed by atoms with Crippen LogP contribution in [0.4, 0.5) is 10.1 Å². The number of nitrogens with one attached hydrogen (secondary N) is 1. The maximum atomic E-state index is 14.4. The van der Waals surface area contributed by atoms with Crippen LogP contribution >= 0.6 is 23.2 Å². The van der Waals surface area contributed by atoms with Crippen LogP contribution < -0.4 is 5.32 Å². The summed E-state index contributed by atoms with van der Waals surface area (Å²) in [7, 11) is -3.94. The Morgan fingerprint density at radius 3 is 2.36 bits per heavy atom. The van der Waals surface area contributed by atoms with E-state index in [2.05, 4.69) is 5.32 Å². The second kappa shape index (κ2) is 7.37. The van der Waals surface area contributed by atoms with Crippen LogP contribution in [0.1, 0.15) is 17.3 Å². The molecule has 0 saturated heterocycles. The molecule has 28 heavy (non-hydrogen) atoms. The Morgan fingerprint density at radius 2 is 1.61 bits per heavy atom. The van der Waals surface area contributed by atoms with E-state index in [0.717, 1.165) is 0 Å². The fourth-order valence-corrected chi connectivity index (χ4v) is 5.35. The molecule has 144 valence electrons. The Hall–Kier alpha value is -2.12. The third-order valence-electron chi connectivity index (χ3n) is 4.63. The lowest BCUT2D eigenvalue weighted by molar-refractivity contribution is 0.331. The summed E-state index contributed by atoms with van der Waals surface area (Å²) < 4.78 is 42.4. The predicted octanol–water partition coefficient (Wildman–Crippen LogP) is 5.45. The Kier molecular flexibility index (Phi) is 5.05. The number of hydrogen-bond donors (Lipinski definition) is 1. The van der Waals surface area contributed by atoms with Gasteiger partial charge in [0, 0.05) is 27.7 Å². The van der Waals surface area contributed by atoms with Crippen molar-refractivity contribution in [2.75, 3.05) is 5.32 Å². The van der Waals surface area contributed by atoms with Crippen LogP contribution in [0.2, 0.25) is 10.0 Å². The van der Waals surface area contributed by atoms with Gasteiger partial charge >= 0.3 is 0 Å². The van der Waals surface area contributed by atoms with Crippen LogP contribution in [0, 0.1) is 5.82 Å². The van der Waals surface area contributed by atoms with Crippen molar-refractivity contribution >= 4 is 38.9 Å². The normalized spacial score (nSPS) is 18.3. The molecule has 1 heterocycles. The van der Waals surface area contributed by atoms with E-state index < -0.39 is 22.0 Å². The van der Waals surface area contributed by atoms with Crippen molar-refractivity contribution < 1.29 is 12.8 Å². The highest BCUT2D eigenvalue weighted by atomic mass is 35.5. The Balaban J connectivity index is 1.90. The van der Waals surface area contributed by atoms with Gasteiger partial charge in [-0.15, -0.1) is 0 Å². The fourth-order valence-electron chi connectivity index (χ4n) is 3.24. The minimum Gasteiger partial charge on any atom is -0.364 e. The molecule has 0 aromatic heterocycles. The lowest BCUT2D eigenvalue weighted by Gasteiger charge is -2.38. The lowest BCUT2D eigenvalue weighted by atomic mass is 10.1. The monoisotopic (exact) mass is 436 g/mol. The number of para-hydroxylation sites is 1. The van der Waals surface area contributed by atoms with Crippen molar-refractivity contribution in [3.63, 3.8) is 0 Å². The van der Waals surface area contributed by atoms with Crippen molar-refractivity contribution in [1.82, 2.24) is 4.31 Å². The van der Waals surface area contributed by atoms with Gasteiger partial charge in [0.15, 0.2) is 0 Å². The molecule has 0 radical (unpaired) electrons.